The lowest BCUT2D eigenvalue weighted by atomic mass is 10.1. The molecule has 32 heavy (non-hydrogen) atoms. The van der Waals surface area contributed by atoms with Gasteiger partial charge in [0.25, 0.3) is 5.56 Å². The number of carbonyl (C=O) groups excluding carboxylic acids is 1. The van der Waals surface area contributed by atoms with Crippen molar-refractivity contribution in [2.75, 3.05) is 13.1 Å². The number of aromatic nitrogens is 3. The second-order valence-corrected chi connectivity index (χ2v) is 8.55. The molecular weight excluding hydrogens is 406 g/mol. The van der Waals surface area contributed by atoms with Crippen LogP contribution in [0.15, 0.2) is 32.9 Å². The lowest BCUT2D eigenvalue weighted by Gasteiger charge is -2.17. The number of likely N-dealkylation sites (tertiary alicyclic amines) is 1. The Morgan fingerprint density at radius 1 is 1.00 bits per heavy atom. The Kier molecular flexibility index (Phi) is 6.67. The van der Waals surface area contributed by atoms with E-state index >= 15 is 0 Å². The molecule has 4 rings (SSSR count). The van der Waals surface area contributed by atoms with Crippen molar-refractivity contribution in [1.29, 1.82) is 0 Å². The largest absolute Gasteiger partial charge is 0.343 e. The lowest BCUT2D eigenvalue weighted by molar-refractivity contribution is -0.127. The summed E-state index contributed by atoms with van der Waals surface area (Å²) in [5, 5.41) is 0. The molecule has 0 radical (unpaired) electrons. The molecule has 2 aromatic rings. The molecule has 4 heterocycles. The van der Waals surface area contributed by atoms with E-state index in [0.717, 1.165) is 49.2 Å². The van der Waals surface area contributed by atoms with Crippen LogP contribution in [0.2, 0.25) is 0 Å². The molecule has 0 aliphatic carbocycles. The van der Waals surface area contributed by atoms with Crippen LogP contribution in [-0.2, 0) is 30.7 Å². The molecule has 8 nitrogen and oxygen atoms in total. The Morgan fingerprint density at radius 2 is 1.84 bits per heavy atom. The Hall–Kier alpha value is -3.03. The van der Waals surface area contributed by atoms with Crippen LogP contribution in [-0.4, -0.2) is 43.7 Å². The summed E-state index contributed by atoms with van der Waals surface area (Å²) in [6.07, 6.45) is 7.00. The Bertz CT molecular complexity index is 1140. The summed E-state index contributed by atoms with van der Waals surface area (Å²) >= 11 is 0. The molecule has 1 saturated heterocycles. The standard InChI is InChI=1S/C24H31N5O3/c1-3-7-18-10-9-17(16-25-18)20-15-19-22(26-20)28(11-4-2)24(32)29(23(19)31)14-6-13-27-12-5-8-21(27)30/h9-10,16H,3-8,11-15H2,1-2H3. The first-order valence-electron chi connectivity index (χ1n) is 11.7. The first kappa shape index (κ1) is 22.2. The Balaban J connectivity index is 1.60. The van der Waals surface area contributed by atoms with Crippen LogP contribution in [0, 0.1) is 0 Å². The molecule has 0 N–H and O–H groups in total. The zero-order chi connectivity index (χ0) is 22.7. The fourth-order valence-corrected chi connectivity index (χ4v) is 4.51. The van der Waals surface area contributed by atoms with Crippen molar-refractivity contribution in [3.05, 3.63) is 56.0 Å². The maximum absolute atomic E-state index is 13.2. The number of aliphatic imine (C=N–C) groups is 1. The van der Waals surface area contributed by atoms with Crippen molar-refractivity contribution in [2.24, 2.45) is 4.99 Å². The van der Waals surface area contributed by atoms with E-state index < -0.39 is 0 Å². The zero-order valence-corrected chi connectivity index (χ0v) is 19.0. The maximum atomic E-state index is 13.2. The van der Waals surface area contributed by atoms with Crippen molar-refractivity contribution >= 4 is 17.4 Å². The minimum Gasteiger partial charge on any atom is -0.343 e. The highest BCUT2D eigenvalue weighted by Crippen LogP contribution is 2.25. The van der Waals surface area contributed by atoms with Gasteiger partial charge >= 0.3 is 5.69 Å². The zero-order valence-electron chi connectivity index (χ0n) is 19.0. The number of amides is 1. The third kappa shape index (κ3) is 4.31. The fraction of sp³-hybridized carbons (Fsp3) is 0.542. The third-order valence-electron chi connectivity index (χ3n) is 6.17. The predicted molar refractivity (Wildman–Crippen MR) is 124 cm³/mol. The normalized spacial score (nSPS) is 15.4. The van der Waals surface area contributed by atoms with Crippen molar-refractivity contribution in [3.8, 4) is 0 Å². The second kappa shape index (κ2) is 9.63. The number of rotatable bonds is 9. The van der Waals surface area contributed by atoms with Crippen molar-refractivity contribution in [2.45, 2.75) is 71.9 Å². The van der Waals surface area contributed by atoms with E-state index in [1.807, 2.05) is 30.2 Å². The smallest absolute Gasteiger partial charge is 0.332 e. The molecular formula is C24H31N5O3. The first-order valence-corrected chi connectivity index (χ1v) is 11.7. The fourth-order valence-electron chi connectivity index (χ4n) is 4.51. The first-order chi connectivity index (χ1) is 15.5. The summed E-state index contributed by atoms with van der Waals surface area (Å²) in [6, 6.07) is 4.00. The Morgan fingerprint density at radius 3 is 2.50 bits per heavy atom. The third-order valence-corrected chi connectivity index (χ3v) is 6.17. The average molecular weight is 438 g/mol. The van der Waals surface area contributed by atoms with Gasteiger partial charge in [-0.2, -0.15) is 0 Å². The van der Waals surface area contributed by atoms with E-state index in [1.54, 1.807) is 4.57 Å². The number of pyridine rings is 1. The minimum atomic E-state index is -0.315. The highest BCUT2D eigenvalue weighted by atomic mass is 16.2. The van der Waals surface area contributed by atoms with E-state index in [0.29, 0.717) is 50.3 Å². The van der Waals surface area contributed by atoms with Gasteiger partial charge in [0.1, 0.15) is 5.82 Å². The molecule has 1 amide bonds. The van der Waals surface area contributed by atoms with Crippen molar-refractivity contribution < 1.29 is 4.79 Å². The molecule has 8 heteroatoms. The van der Waals surface area contributed by atoms with Gasteiger partial charge in [0.15, 0.2) is 0 Å². The van der Waals surface area contributed by atoms with Gasteiger partial charge in [-0.05, 0) is 37.8 Å². The van der Waals surface area contributed by atoms with Crippen LogP contribution < -0.4 is 11.2 Å². The second-order valence-electron chi connectivity index (χ2n) is 8.55. The SMILES string of the molecule is CCCc1ccc(C2=Nc3c(c(=O)n(CCCN4CCCC4=O)c(=O)n3CCC)C2)cn1. The quantitative estimate of drug-likeness (QED) is 0.603. The average Bonchev–Trinajstić information content (AvgIpc) is 3.41. The number of carbonyl (C=O) groups is 1. The number of nitrogens with zero attached hydrogens (tertiary/aromatic N) is 5. The van der Waals surface area contributed by atoms with E-state index in [4.69, 9.17) is 4.99 Å². The highest BCUT2D eigenvalue weighted by Gasteiger charge is 2.26. The van der Waals surface area contributed by atoms with Crippen LogP contribution in [0.25, 0.3) is 0 Å². The molecule has 0 atom stereocenters. The van der Waals surface area contributed by atoms with Gasteiger partial charge in [-0.1, -0.05) is 20.3 Å². The van der Waals surface area contributed by atoms with Gasteiger partial charge in [-0.3, -0.25) is 23.7 Å². The number of aryl methyl sites for hydroxylation is 1. The summed E-state index contributed by atoms with van der Waals surface area (Å²) in [4.78, 5) is 49.3. The van der Waals surface area contributed by atoms with Crippen LogP contribution >= 0.6 is 0 Å². The summed E-state index contributed by atoms with van der Waals surface area (Å²) in [7, 11) is 0. The van der Waals surface area contributed by atoms with E-state index in [9.17, 15) is 14.4 Å². The van der Waals surface area contributed by atoms with Crippen LogP contribution in [0.4, 0.5) is 5.82 Å². The molecule has 170 valence electrons. The van der Waals surface area contributed by atoms with E-state index in [2.05, 4.69) is 11.9 Å². The summed E-state index contributed by atoms with van der Waals surface area (Å²) in [6.45, 7) is 6.28. The van der Waals surface area contributed by atoms with Crippen molar-refractivity contribution in [1.82, 2.24) is 19.0 Å². The number of hydrogen-bond donors (Lipinski definition) is 0. The van der Waals surface area contributed by atoms with Crippen LogP contribution in [0.1, 0.15) is 62.8 Å². The minimum absolute atomic E-state index is 0.159. The monoisotopic (exact) mass is 437 g/mol. The topological polar surface area (TPSA) is 89.6 Å². The van der Waals surface area contributed by atoms with Crippen molar-refractivity contribution in [3.63, 3.8) is 0 Å². The molecule has 2 aliphatic heterocycles. The molecule has 1 fully saturated rings. The van der Waals surface area contributed by atoms with Crippen LogP contribution in [0.3, 0.4) is 0 Å². The van der Waals surface area contributed by atoms with Gasteiger partial charge in [-0.15, -0.1) is 0 Å². The molecule has 2 aliphatic rings. The highest BCUT2D eigenvalue weighted by molar-refractivity contribution is 6.05. The predicted octanol–water partition coefficient (Wildman–Crippen LogP) is 2.46. The van der Waals surface area contributed by atoms with Gasteiger partial charge < -0.3 is 4.90 Å². The molecule has 0 bridgehead atoms. The molecule has 0 aromatic carbocycles. The van der Waals surface area contributed by atoms with Gasteiger partial charge in [0.05, 0.1) is 11.3 Å². The molecule has 0 saturated carbocycles. The summed E-state index contributed by atoms with van der Waals surface area (Å²) < 4.78 is 2.96. The van der Waals surface area contributed by atoms with Gasteiger partial charge in [-0.25, -0.2) is 9.79 Å². The number of hydrogen-bond acceptors (Lipinski definition) is 5. The molecule has 2 aromatic heterocycles. The van der Waals surface area contributed by atoms with Gasteiger partial charge in [0, 0.05) is 56.5 Å². The van der Waals surface area contributed by atoms with E-state index in [-0.39, 0.29) is 17.2 Å². The van der Waals surface area contributed by atoms with Gasteiger partial charge in [0.2, 0.25) is 5.91 Å². The van der Waals surface area contributed by atoms with Crippen LogP contribution in [0.5, 0.6) is 0 Å². The molecule has 0 spiro atoms. The van der Waals surface area contributed by atoms with E-state index in [1.165, 1.54) is 4.57 Å². The lowest BCUT2D eigenvalue weighted by Crippen LogP contribution is -2.42. The Labute approximate surface area is 187 Å². The summed E-state index contributed by atoms with van der Waals surface area (Å²) in [5.41, 5.74) is 2.69. The summed E-state index contributed by atoms with van der Waals surface area (Å²) in [5.74, 6) is 0.645. The maximum Gasteiger partial charge on any atom is 0.332 e. The number of fused-ring (bicyclic) bond motifs is 1. The molecule has 0 unspecified atom stereocenters.